The number of amides is 1. The molecule has 0 atom stereocenters. The lowest BCUT2D eigenvalue weighted by molar-refractivity contribution is -0.159. The Labute approximate surface area is 203 Å². The molecular weight excluding hydrogens is 481 g/mol. The lowest BCUT2D eigenvalue weighted by Crippen LogP contribution is -2.17. The zero-order chi connectivity index (χ0) is 26.0. The van der Waals surface area contributed by atoms with E-state index in [9.17, 15) is 18.0 Å². The van der Waals surface area contributed by atoms with E-state index in [0.717, 1.165) is 10.9 Å². The summed E-state index contributed by atoms with van der Waals surface area (Å²) in [5.74, 6) is -2.26. The van der Waals surface area contributed by atoms with Crippen molar-refractivity contribution in [2.75, 3.05) is 27.4 Å². The lowest BCUT2D eigenvalue weighted by atomic mass is 9.97. The number of nitrogens with zero attached hydrogens (tertiary/aromatic N) is 5. The molecule has 1 amide bonds. The van der Waals surface area contributed by atoms with E-state index in [1.165, 1.54) is 18.3 Å². The van der Waals surface area contributed by atoms with Gasteiger partial charge in [0.15, 0.2) is 0 Å². The maximum absolute atomic E-state index is 12.9. The Morgan fingerprint density at radius 2 is 1.83 bits per heavy atom. The van der Waals surface area contributed by atoms with E-state index in [-0.39, 0.29) is 11.4 Å². The second kappa shape index (κ2) is 10.0. The van der Waals surface area contributed by atoms with E-state index in [1.807, 2.05) is 0 Å². The van der Waals surface area contributed by atoms with Crippen molar-refractivity contribution in [3.63, 3.8) is 0 Å². The van der Waals surface area contributed by atoms with Crippen LogP contribution >= 0.6 is 0 Å². The summed E-state index contributed by atoms with van der Waals surface area (Å²) in [6.45, 7) is 0.700. The number of primary amides is 1. The van der Waals surface area contributed by atoms with Crippen LogP contribution in [0.1, 0.15) is 27.5 Å². The normalized spacial score (nSPS) is 11.9. The number of carbonyl (C=O) groups excluding carboxylic acids is 1. The van der Waals surface area contributed by atoms with Gasteiger partial charge in [-0.1, -0.05) is 5.16 Å². The molecule has 4 aromatic heterocycles. The Kier molecular flexibility index (Phi) is 7.04. The number of fused-ring (bicyclic) bond motifs is 1. The average Bonchev–Trinajstić information content (AvgIpc) is 3.45. The number of halogens is 3. The summed E-state index contributed by atoms with van der Waals surface area (Å²) in [5, 5.41) is 4.22. The highest BCUT2D eigenvalue weighted by Crippen LogP contribution is 2.35. The molecular formula is C23H23F3N6O4. The molecule has 4 rings (SSSR count). The van der Waals surface area contributed by atoms with Crippen LogP contribution in [0.5, 0.6) is 0 Å². The van der Waals surface area contributed by atoms with Crippen LogP contribution in [0, 0.1) is 0 Å². The topological polar surface area (TPSA) is 131 Å². The minimum Gasteiger partial charge on any atom is -0.384 e. The van der Waals surface area contributed by atoms with Gasteiger partial charge in [-0.2, -0.15) is 18.2 Å². The molecule has 10 nitrogen and oxygen atoms in total. The molecule has 0 saturated carbocycles. The zero-order valence-electron chi connectivity index (χ0n) is 19.7. The molecule has 0 radical (unpaired) electrons. The van der Waals surface area contributed by atoms with Crippen LogP contribution in [0.25, 0.3) is 33.7 Å². The number of hydrogen-bond donors (Lipinski definition) is 1. The number of alkyl halides is 3. The quantitative estimate of drug-likeness (QED) is 0.368. The maximum atomic E-state index is 12.9. The third kappa shape index (κ3) is 4.66. The molecule has 0 aromatic carbocycles. The van der Waals surface area contributed by atoms with E-state index in [1.54, 1.807) is 32.0 Å². The second-order valence-electron chi connectivity index (χ2n) is 7.93. The molecule has 0 spiro atoms. The van der Waals surface area contributed by atoms with Gasteiger partial charge in [-0.15, -0.1) is 0 Å². The third-order valence-corrected chi connectivity index (χ3v) is 5.72. The van der Waals surface area contributed by atoms with Crippen LogP contribution in [-0.2, 0) is 35.5 Å². The van der Waals surface area contributed by atoms with Crippen LogP contribution in [0.3, 0.4) is 0 Å². The molecule has 190 valence electrons. The number of aromatic nitrogens is 5. The van der Waals surface area contributed by atoms with E-state index in [0.29, 0.717) is 54.2 Å². The summed E-state index contributed by atoms with van der Waals surface area (Å²) in [6, 6.07) is 3.00. The molecule has 0 aliphatic rings. The number of hydrogen-bond acceptors (Lipinski definition) is 8. The first-order chi connectivity index (χ1) is 17.2. The number of methoxy groups -OCH3 is 2. The fourth-order valence-electron chi connectivity index (χ4n) is 4.16. The summed E-state index contributed by atoms with van der Waals surface area (Å²) in [6.07, 6.45) is -0.887. The Balaban J connectivity index is 1.92. The largest absolute Gasteiger partial charge is 0.471 e. The van der Waals surface area contributed by atoms with Crippen LogP contribution < -0.4 is 5.73 Å². The highest BCUT2D eigenvalue weighted by Gasteiger charge is 2.38. The van der Waals surface area contributed by atoms with Crippen molar-refractivity contribution in [3.8, 4) is 22.8 Å². The monoisotopic (exact) mass is 504 g/mol. The van der Waals surface area contributed by atoms with Crippen LogP contribution in [0.15, 0.2) is 29.0 Å². The van der Waals surface area contributed by atoms with Gasteiger partial charge in [-0.05, 0) is 36.1 Å². The first-order valence-electron chi connectivity index (χ1n) is 10.8. The Morgan fingerprint density at radius 3 is 2.44 bits per heavy atom. The lowest BCUT2D eigenvalue weighted by Gasteiger charge is -2.12. The van der Waals surface area contributed by atoms with Gasteiger partial charge < -0.3 is 24.3 Å². The molecule has 0 aliphatic carbocycles. The first-order valence-corrected chi connectivity index (χ1v) is 10.8. The summed E-state index contributed by atoms with van der Waals surface area (Å²) in [5.41, 5.74) is 9.31. The van der Waals surface area contributed by atoms with Crippen molar-refractivity contribution in [2.45, 2.75) is 19.0 Å². The average molecular weight is 504 g/mol. The number of pyridine rings is 2. The van der Waals surface area contributed by atoms with E-state index < -0.39 is 18.0 Å². The fraction of sp³-hybridized carbons (Fsp3) is 0.348. The van der Waals surface area contributed by atoms with Gasteiger partial charge in [0.05, 0.1) is 36.3 Å². The molecule has 13 heteroatoms. The standard InChI is InChI=1S/C23H23F3N6O4/c1-32-16-11-29-18(13(5-8-34-2)17(16)14(6-9-35-3)19(32)20(27)33)15-10-12(4-7-28-15)21-30-22(36-31-21)23(24,25)26/h4,7,10-11H,5-6,8-9H2,1-3H3,(H2,27,33). The van der Waals surface area contributed by atoms with Gasteiger partial charge in [-0.25, -0.2) is 0 Å². The number of ether oxygens (including phenoxy) is 2. The SMILES string of the molecule is COCCc1c(-c2cc(-c3noc(C(F)(F)F)n3)ccn2)ncc2c1c(CCOC)c(C(N)=O)n2C. The summed E-state index contributed by atoms with van der Waals surface area (Å²) < 4.78 is 55.4. The first kappa shape index (κ1) is 25.3. The van der Waals surface area contributed by atoms with Gasteiger partial charge in [0, 0.05) is 38.4 Å². The second-order valence-corrected chi connectivity index (χ2v) is 7.93. The van der Waals surface area contributed by atoms with Gasteiger partial charge in [0.1, 0.15) is 5.69 Å². The molecule has 0 saturated heterocycles. The van der Waals surface area contributed by atoms with E-state index in [4.69, 9.17) is 15.2 Å². The van der Waals surface area contributed by atoms with Crippen LogP contribution in [0.2, 0.25) is 0 Å². The fourth-order valence-corrected chi connectivity index (χ4v) is 4.16. The predicted octanol–water partition coefficient (Wildman–Crippen LogP) is 3.18. The summed E-state index contributed by atoms with van der Waals surface area (Å²) >= 11 is 0. The van der Waals surface area contributed by atoms with Gasteiger partial charge in [-0.3, -0.25) is 14.8 Å². The van der Waals surface area contributed by atoms with E-state index >= 15 is 0 Å². The molecule has 4 aromatic rings. The Bertz CT molecular complexity index is 1410. The zero-order valence-corrected chi connectivity index (χ0v) is 19.7. The number of nitrogens with two attached hydrogens (primary N) is 1. The molecule has 4 heterocycles. The van der Waals surface area contributed by atoms with Crippen molar-refractivity contribution in [1.82, 2.24) is 24.7 Å². The summed E-state index contributed by atoms with van der Waals surface area (Å²) in [4.78, 5) is 24.8. The smallest absolute Gasteiger partial charge is 0.384 e. The number of aryl methyl sites for hydroxylation is 1. The molecule has 2 N–H and O–H groups in total. The molecule has 0 bridgehead atoms. The van der Waals surface area contributed by atoms with Crippen molar-refractivity contribution < 1.29 is 32.0 Å². The minimum absolute atomic E-state index is 0.234. The Hall–Kier alpha value is -3.84. The third-order valence-electron chi connectivity index (χ3n) is 5.72. The summed E-state index contributed by atoms with van der Waals surface area (Å²) in [7, 11) is 4.85. The van der Waals surface area contributed by atoms with Crippen molar-refractivity contribution in [2.24, 2.45) is 12.8 Å². The van der Waals surface area contributed by atoms with Gasteiger partial charge in [0.2, 0.25) is 5.82 Å². The van der Waals surface area contributed by atoms with E-state index in [2.05, 4.69) is 24.6 Å². The molecule has 36 heavy (non-hydrogen) atoms. The Morgan fingerprint density at radius 1 is 1.14 bits per heavy atom. The highest BCUT2D eigenvalue weighted by atomic mass is 19.4. The minimum atomic E-state index is -4.76. The van der Waals surface area contributed by atoms with Gasteiger partial charge in [0.25, 0.3) is 5.91 Å². The van der Waals surface area contributed by atoms with Crippen molar-refractivity contribution >= 4 is 16.8 Å². The highest BCUT2D eigenvalue weighted by molar-refractivity contribution is 6.03. The number of rotatable bonds is 9. The maximum Gasteiger partial charge on any atom is 0.471 e. The predicted molar refractivity (Wildman–Crippen MR) is 122 cm³/mol. The number of carbonyl (C=O) groups is 1. The van der Waals surface area contributed by atoms with Gasteiger partial charge >= 0.3 is 12.1 Å². The van der Waals surface area contributed by atoms with Crippen LogP contribution in [0.4, 0.5) is 13.2 Å². The van der Waals surface area contributed by atoms with Crippen LogP contribution in [-0.4, -0.2) is 58.0 Å². The molecule has 0 aliphatic heterocycles. The van der Waals surface area contributed by atoms with Crippen molar-refractivity contribution in [1.29, 1.82) is 0 Å². The van der Waals surface area contributed by atoms with Crippen molar-refractivity contribution in [3.05, 3.63) is 47.2 Å². The molecule has 0 fully saturated rings. The molecule has 0 unspecified atom stereocenters.